The number of rotatable bonds is 3. The molecule has 3 heteroatoms. The quantitative estimate of drug-likeness (QED) is 0.756. The maximum atomic E-state index is 13.6. The van der Waals surface area contributed by atoms with Crippen LogP contribution in [-0.4, -0.2) is 13.4 Å². The first kappa shape index (κ1) is 11.3. The number of hydrogen-bond acceptors (Lipinski definition) is 2. The minimum Gasteiger partial charge on any atom is -0.497 e. The number of benzene rings is 2. The molecule has 0 heterocycles. The lowest BCUT2D eigenvalue weighted by atomic mass is 10.0. The molecule has 86 valence electrons. The Labute approximate surface area is 98.7 Å². The number of aldehydes is 1. The van der Waals surface area contributed by atoms with Gasteiger partial charge in [0.05, 0.1) is 7.11 Å². The predicted molar refractivity (Wildman–Crippen MR) is 63.8 cm³/mol. The van der Waals surface area contributed by atoms with Gasteiger partial charge in [0.25, 0.3) is 0 Å². The molecule has 0 N–H and O–H groups in total. The van der Waals surface area contributed by atoms with Crippen LogP contribution in [-0.2, 0) is 0 Å². The van der Waals surface area contributed by atoms with Gasteiger partial charge in [-0.1, -0.05) is 24.3 Å². The number of methoxy groups -OCH3 is 1. The Morgan fingerprint density at radius 2 is 1.82 bits per heavy atom. The van der Waals surface area contributed by atoms with E-state index in [1.807, 2.05) is 0 Å². The fourth-order valence-electron chi connectivity index (χ4n) is 1.59. The van der Waals surface area contributed by atoms with Gasteiger partial charge in [0.2, 0.25) is 0 Å². The topological polar surface area (TPSA) is 26.3 Å². The molecule has 0 aliphatic heterocycles. The van der Waals surface area contributed by atoms with Gasteiger partial charge in [-0.2, -0.15) is 0 Å². The third-order valence-corrected chi connectivity index (χ3v) is 2.53. The average molecular weight is 230 g/mol. The molecule has 0 aliphatic carbocycles. The summed E-state index contributed by atoms with van der Waals surface area (Å²) in [6.07, 6.45) is 0.756. The van der Waals surface area contributed by atoms with E-state index in [0.717, 1.165) is 6.29 Å². The Morgan fingerprint density at radius 1 is 1.12 bits per heavy atom. The van der Waals surface area contributed by atoms with Crippen LogP contribution in [0.15, 0.2) is 42.5 Å². The largest absolute Gasteiger partial charge is 0.497 e. The lowest BCUT2D eigenvalue weighted by molar-refractivity contribution is 0.112. The number of hydrogen-bond donors (Lipinski definition) is 0. The fraction of sp³-hybridized carbons (Fsp3) is 0.0714. The van der Waals surface area contributed by atoms with Crippen LogP contribution in [0.4, 0.5) is 4.39 Å². The van der Waals surface area contributed by atoms with Gasteiger partial charge in [-0.05, 0) is 23.8 Å². The normalized spacial score (nSPS) is 10.0. The van der Waals surface area contributed by atoms with Gasteiger partial charge < -0.3 is 4.74 Å². The van der Waals surface area contributed by atoms with E-state index in [9.17, 15) is 9.18 Å². The van der Waals surface area contributed by atoms with E-state index in [-0.39, 0.29) is 5.82 Å². The second kappa shape index (κ2) is 4.78. The van der Waals surface area contributed by atoms with E-state index in [2.05, 4.69) is 0 Å². The van der Waals surface area contributed by atoms with Gasteiger partial charge in [0, 0.05) is 11.1 Å². The summed E-state index contributed by atoms with van der Waals surface area (Å²) in [7, 11) is 1.53. The first-order chi connectivity index (χ1) is 8.24. The fourth-order valence-corrected chi connectivity index (χ4v) is 1.59. The van der Waals surface area contributed by atoms with Crippen molar-refractivity contribution in [3.63, 3.8) is 0 Å². The predicted octanol–water partition coefficient (Wildman–Crippen LogP) is 3.31. The van der Waals surface area contributed by atoms with Crippen LogP contribution in [0, 0.1) is 5.82 Å². The summed E-state index contributed by atoms with van der Waals surface area (Å²) in [4.78, 5) is 10.5. The maximum Gasteiger partial charge on any atom is 0.150 e. The van der Waals surface area contributed by atoms with Crippen LogP contribution in [0.2, 0.25) is 0 Å². The van der Waals surface area contributed by atoms with E-state index in [4.69, 9.17) is 4.74 Å². The van der Waals surface area contributed by atoms with E-state index in [0.29, 0.717) is 22.4 Å². The van der Waals surface area contributed by atoms with E-state index in [1.165, 1.54) is 13.2 Å². The molecule has 0 unspecified atom stereocenters. The summed E-state index contributed by atoms with van der Waals surface area (Å²) in [5.74, 6) is 0.283. The molecule has 17 heavy (non-hydrogen) atoms. The second-order valence-corrected chi connectivity index (χ2v) is 3.59. The molecule has 0 aromatic heterocycles. The molecule has 2 aromatic carbocycles. The number of ether oxygens (including phenoxy) is 1. The lowest BCUT2D eigenvalue weighted by Crippen LogP contribution is -1.88. The van der Waals surface area contributed by atoms with Crippen molar-refractivity contribution in [2.24, 2.45) is 0 Å². The van der Waals surface area contributed by atoms with Crippen molar-refractivity contribution in [1.82, 2.24) is 0 Å². The molecule has 0 amide bonds. The van der Waals surface area contributed by atoms with Crippen LogP contribution in [0.5, 0.6) is 5.75 Å². The molecular weight excluding hydrogens is 219 g/mol. The highest BCUT2D eigenvalue weighted by molar-refractivity contribution is 5.77. The summed E-state index contributed by atoms with van der Waals surface area (Å²) in [6.45, 7) is 0. The molecule has 0 spiro atoms. The molecule has 0 fully saturated rings. The third-order valence-electron chi connectivity index (χ3n) is 2.53. The third kappa shape index (κ3) is 2.33. The van der Waals surface area contributed by atoms with Gasteiger partial charge in [0.1, 0.15) is 17.9 Å². The standard InChI is InChI=1S/C14H11FO2/c1-17-12-6-7-14(15)13(8-12)11-4-2-10(9-16)3-5-11/h2-9H,1H3. The molecule has 0 radical (unpaired) electrons. The number of carbonyl (C=O) groups excluding carboxylic acids is 1. The minimum absolute atomic E-state index is 0.315. The molecule has 0 saturated heterocycles. The van der Waals surface area contributed by atoms with Gasteiger partial charge in [-0.15, -0.1) is 0 Å². The molecule has 0 bridgehead atoms. The van der Waals surface area contributed by atoms with Gasteiger partial charge in [-0.3, -0.25) is 4.79 Å². The minimum atomic E-state index is -0.315. The Balaban J connectivity index is 2.47. The zero-order valence-electron chi connectivity index (χ0n) is 9.31. The zero-order valence-corrected chi connectivity index (χ0v) is 9.31. The Hall–Kier alpha value is -2.16. The van der Waals surface area contributed by atoms with Gasteiger partial charge in [0.15, 0.2) is 0 Å². The van der Waals surface area contributed by atoms with Gasteiger partial charge >= 0.3 is 0 Å². The Morgan fingerprint density at radius 3 is 2.41 bits per heavy atom. The average Bonchev–Trinajstić information content (AvgIpc) is 2.39. The van der Waals surface area contributed by atoms with E-state index >= 15 is 0 Å². The monoisotopic (exact) mass is 230 g/mol. The van der Waals surface area contributed by atoms with Gasteiger partial charge in [-0.25, -0.2) is 4.39 Å². The molecule has 2 rings (SSSR count). The number of carbonyl (C=O) groups is 1. The second-order valence-electron chi connectivity index (χ2n) is 3.59. The van der Waals surface area contributed by atoms with Crippen LogP contribution in [0.25, 0.3) is 11.1 Å². The van der Waals surface area contributed by atoms with Crippen LogP contribution in [0.3, 0.4) is 0 Å². The molecule has 2 aromatic rings. The Kier molecular flexibility index (Phi) is 3.19. The van der Waals surface area contributed by atoms with Crippen molar-refractivity contribution in [2.45, 2.75) is 0 Å². The van der Waals surface area contributed by atoms with Crippen molar-refractivity contribution >= 4 is 6.29 Å². The smallest absolute Gasteiger partial charge is 0.150 e. The van der Waals surface area contributed by atoms with Crippen molar-refractivity contribution < 1.29 is 13.9 Å². The highest BCUT2D eigenvalue weighted by Crippen LogP contribution is 2.27. The SMILES string of the molecule is COc1ccc(F)c(-c2ccc(C=O)cc2)c1. The summed E-state index contributed by atoms with van der Waals surface area (Å²) >= 11 is 0. The first-order valence-corrected chi connectivity index (χ1v) is 5.14. The Bertz CT molecular complexity index is 532. The highest BCUT2D eigenvalue weighted by atomic mass is 19.1. The lowest BCUT2D eigenvalue weighted by Gasteiger charge is -2.06. The molecule has 2 nitrogen and oxygen atoms in total. The molecular formula is C14H11FO2. The van der Waals surface area contributed by atoms with Crippen molar-refractivity contribution in [3.8, 4) is 16.9 Å². The molecule has 0 saturated carbocycles. The number of halogens is 1. The van der Waals surface area contributed by atoms with Crippen LogP contribution >= 0.6 is 0 Å². The molecule has 0 aliphatic rings. The zero-order chi connectivity index (χ0) is 12.3. The van der Waals surface area contributed by atoms with Crippen molar-refractivity contribution in [2.75, 3.05) is 7.11 Å². The summed E-state index contributed by atoms with van der Waals surface area (Å²) < 4.78 is 18.7. The highest BCUT2D eigenvalue weighted by Gasteiger charge is 2.06. The summed E-state index contributed by atoms with van der Waals surface area (Å²) in [5.41, 5.74) is 1.74. The van der Waals surface area contributed by atoms with Crippen molar-refractivity contribution in [1.29, 1.82) is 0 Å². The van der Waals surface area contributed by atoms with E-state index < -0.39 is 0 Å². The molecule has 0 atom stereocenters. The summed E-state index contributed by atoms with van der Waals surface area (Å²) in [5, 5.41) is 0. The first-order valence-electron chi connectivity index (χ1n) is 5.14. The van der Waals surface area contributed by atoms with Crippen LogP contribution in [0.1, 0.15) is 10.4 Å². The van der Waals surface area contributed by atoms with Crippen LogP contribution < -0.4 is 4.74 Å². The van der Waals surface area contributed by atoms with E-state index in [1.54, 1.807) is 36.4 Å². The summed E-state index contributed by atoms with van der Waals surface area (Å²) in [6, 6.07) is 11.3. The van der Waals surface area contributed by atoms with Crippen molar-refractivity contribution in [3.05, 3.63) is 53.8 Å². The maximum absolute atomic E-state index is 13.6.